The number of hydrogen-bond donors (Lipinski definition) is 1. The second-order valence-corrected chi connectivity index (χ2v) is 4.84. The van der Waals surface area contributed by atoms with Gasteiger partial charge >= 0.3 is 0 Å². The quantitative estimate of drug-likeness (QED) is 0.889. The highest BCUT2D eigenvalue weighted by Crippen LogP contribution is 2.32. The minimum atomic E-state index is 0.290. The first-order chi connectivity index (χ1) is 9.63. The molecule has 0 heterocycles. The van der Waals surface area contributed by atoms with E-state index in [4.69, 9.17) is 9.47 Å². The summed E-state index contributed by atoms with van der Waals surface area (Å²) in [6.45, 7) is 4.15. The summed E-state index contributed by atoms with van der Waals surface area (Å²) < 4.78 is 11.3. The van der Waals surface area contributed by atoms with E-state index in [-0.39, 0.29) is 0 Å². The third kappa shape index (κ3) is 3.31. The third-order valence-electron chi connectivity index (χ3n) is 3.34. The molecule has 20 heavy (non-hydrogen) atoms. The summed E-state index contributed by atoms with van der Waals surface area (Å²) >= 11 is 0. The number of nitrogens with one attached hydrogen (secondary N) is 1. The second-order valence-electron chi connectivity index (χ2n) is 4.84. The SMILES string of the molecule is CNC(C)c1cccc(Oc2ccc(C)cc2OC)c1. The molecule has 1 atom stereocenters. The molecule has 0 saturated carbocycles. The van der Waals surface area contributed by atoms with Crippen molar-refractivity contribution in [2.24, 2.45) is 0 Å². The van der Waals surface area contributed by atoms with Crippen molar-refractivity contribution in [3.8, 4) is 17.2 Å². The first-order valence-corrected chi connectivity index (χ1v) is 6.73. The second kappa shape index (κ2) is 6.44. The van der Waals surface area contributed by atoms with Crippen LogP contribution in [0.15, 0.2) is 42.5 Å². The van der Waals surface area contributed by atoms with Gasteiger partial charge in [0.15, 0.2) is 11.5 Å². The molecule has 106 valence electrons. The van der Waals surface area contributed by atoms with Crippen molar-refractivity contribution < 1.29 is 9.47 Å². The lowest BCUT2D eigenvalue weighted by molar-refractivity contribution is 0.378. The van der Waals surface area contributed by atoms with Crippen molar-refractivity contribution in [2.75, 3.05) is 14.2 Å². The van der Waals surface area contributed by atoms with Crippen LogP contribution in [0.5, 0.6) is 17.2 Å². The molecule has 3 nitrogen and oxygen atoms in total. The van der Waals surface area contributed by atoms with Gasteiger partial charge in [-0.05, 0) is 56.3 Å². The van der Waals surface area contributed by atoms with Crippen molar-refractivity contribution >= 4 is 0 Å². The highest BCUT2D eigenvalue weighted by Gasteiger charge is 2.08. The average Bonchev–Trinajstić information content (AvgIpc) is 2.48. The average molecular weight is 271 g/mol. The van der Waals surface area contributed by atoms with Gasteiger partial charge in [0.05, 0.1) is 7.11 Å². The Bertz CT molecular complexity index is 581. The van der Waals surface area contributed by atoms with Crippen molar-refractivity contribution in [2.45, 2.75) is 19.9 Å². The normalized spacial score (nSPS) is 12.0. The molecule has 0 bridgehead atoms. The van der Waals surface area contributed by atoms with Gasteiger partial charge in [0.25, 0.3) is 0 Å². The highest BCUT2D eigenvalue weighted by atomic mass is 16.5. The molecule has 0 aliphatic carbocycles. The number of rotatable bonds is 5. The maximum absolute atomic E-state index is 5.94. The molecule has 0 fully saturated rings. The molecule has 3 heteroatoms. The van der Waals surface area contributed by atoms with E-state index < -0.39 is 0 Å². The highest BCUT2D eigenvalue weighted by molar-refractivity contribution is 5.45. The third-order valence-corrected chi connectivity index (χ3v) is 3.34. The fourth-order valence-electron chi connectivity index (χ4n) is 2.00. The topological polar surface area (TPSA) is 30.5 Å². The minimum absolute atomic E-state index is 0.290. The smallest absolute Gasteiger partial charge is 0.169 e. The van der Waals surface area contributed by atoms with Gasteiger partial charge in [-0.3, -0.25) is 0 Å². The van der Waals surface area contributed by atoms with Gasteiger partial charge in [0.1, 0.15) is 5.75 Å². The molecule has 0 saturated heterocycles. The number of ether oxygens (including phenoxy) is 2. The van der Waals surface area contributed by atoms with Crippen LogP contribution in [-0.4, -0.2) is 14.2 Å². The number of aryl methyl sites for hydroxylation is 1. The molecule has 0 aromatic heterocycles. The van der Waals surface area contributed by atoms with Crippen molar-refractivity contribution in [3.05, 3.63) is 53.6 Å². The molecule has 0 amide bonds. The van der Waals surface area contributed by atoms with E-state index in [9.17, 15) is 0 Å². The van der Waals surface area contributed by atoms with Crippen LogP contribution in [-0.2, 0) is 0 Å². The lowest BCUT2D eigenvalue weighted by atomic mass is 10.1. The molecule has 2 aromatic rings. The van der Waals surface area contributed by atoms with Crippen LogP contribution in [0.1, 0.15) is 24.1 Å². The first-order valence-electron chi connectivity index (χ1n) is 6.73. The van der Waals surface area contributed by atoms with Gasteiger partial charge in [-0.1, -0.05) is 18.2 Å². The fourth-order valence-corrected chi connectivity index (χ4v) is 2.00. The predicted molar refractivity (Wildman–Crippen MR) is 81.7 cm³/mol. The summed E-state index contributed by atoms with van der Waals surface area (Å²) in [5.41, 5.74) is 2.34. The van der Waals surface area contributed by atoms with E-state index >= 15 is 0 Å². The van der Waals surface area contributed by atoms with Crippen molar-refractivity contribution in [1.82, 2.24) is 5.32 Å². The van der Waals surface area contributed by atoms with Gasteiger partial charge in [0, 0.05) is 6.04 Å². The monoisotopic (exact) mass is 271 g/mol. The zero-order chi connectivity index (χ0) is 14.5. The van der Waals surface area contributed by atoms with E-state index in [1.165, 1.54) is 5.56 Å². The minimum Gasteiger partial charge on any atom is -0.493 e. The van der Waals surface area contributed by atoms with Gasteiger partial charge < -0.3 is 14.8 Å². The summed E-state index contributed by atoms with van der Waals surface area (Å²) in [6.07, 6.45) is 0. The van der Waals surface area contributed by atoms with Crippen LogP contribution in [0.4, 0.5) is 0 Å². The van der Waals surface area contributed by atoms with E-state index in [1.807, 2.05) is 50.4 Å². The van der Waals surface area contributed by atoms with Crippen LogP contribution >= 0.6 is 0 Å². The van der Waals surface area contributed by atoms with Crippen molar-refractivity contribution in [3.63, 3.8) is 0 Å². The maximum Gasteiger partial charge on any atom is 0.169 e. The van der Waals surface area contributed by atoms with Gasteiger partial charge in [-0.15, -0.1) is 0 Å². The van der Waals surface area contributed by atoms with E-state index in [0.717, 1.165) is 22.8 Å². The van der Waals surface area contributed by atoms with Crippen molar-refractivity contribution in [1.29, 1.82) is 0 Å². The predicted octanol–water partition coefficient (Wildman–Crippen LogP) is 4.08. The lowest BCUT2D eigenvalue weighted by Gasteiger charge is -2.14. The molecule has 1 unspecified atom stereocenters. The van der Waals surface area contributed by atoms with E-state index in [2.05, 4.69) is 18.3 Å². The zero-order valence-corrected chi connectivity index (χ0v) is 12.4. The Balaban J connectivity index is 2.26. The molecular formula is C17H21NO2. The number of methoxy groups -OCH3 is 1. The van der Waals surface area contributed by atoms with Gasteiger partial charge in [-0.2, -0.15) is 0 Å². The van der Waals surface area contributed by atoms with Crippen LogP contribution in [0.2, 0.25) is 0 Å². The summed E-state index contributed by atoms with van der Waals surface area (Å²) in [5.74, 6) is 2.29. The number of benzene rings is 2. The number of hydrogen-bond acceptors (Lipinski definition) is 3. The molecule has 2 rings (SSSR count). The molecule has 0 spiro atoms. The Labute approximate surface area is 120 Å². The molecular weight excluding hydrogens is 250 g/mol. The maximum atomic E-state index is 5.94. The Morgan fingerprint density at radius 3 is 2.55 bits per heavy atom. The molecule has 0 aliphatic rings. The Morgan fingerprint density at radius 1 is 1.05 bits per heavy atom. The fraction of sp³-hybridized carbons (Fsp3) is 0.294. The molecule has 1 N–H and O–H groups in total. The molecule has 2 aromatic carbocycles. The summed E-state index contributed by atoms with van der Waals surface area (Å²) in [6, 6.07) is 14.3. The van der Waals surface area contributed by atoms with E-state index in [0.29, 0.717) is 6.04 Å². The van der Waals surface area contributed by atoms with Gasteiger partial charge in [-0.25, -0.2) is 0 Å². The Morgan fingerprint density at radius 2 is 1.85 bits per heavy atom. The van der Waals surface area contributed by atoms with E-state index in [1.54, 1.807) is 7.11 Å². The Kier molecular flexibility index (Phi) is 4.64. The molecule has 0 radical (unpaired) electrons. The van der Waals surface area contributed by atoms with Gasteiger partial charge in [0.2, 0.25) is 0 Å². The summed E-state index contributed by atoms with van der Waals surface area (Å²) in [7, 11) is 3.60. The zero-order valence-electron chi connectivity index (χ0n) is 12.4. The first kappa shape index (κ1) is 14.4. The Hall–Kier alpha value is -2.00. The molecule has 0 aliphatic heterocycles. The van der Waals surface area contributed by atoms with Crippen LogP contribution in [0.25, 0.3) is 0 Å². The lowest BCUT2D eigenvalue weighted by Crippen LogP contribution is -2.12. The largest absolute Gasteiger partial charge is 0.493 e. The van der Waals surface area contributed by atoms with Crippen LogP contribution in [0.3, 0.4) is 0 Å². The standard InChI is InChI=1S/C17H21NO2/c1-12-8-9-16(17(10-12)19-4)20-15-7-5-6-14(11-15)13(2)18-3/h5-11,13,18H,1-4H3. The van der Waals surface area contributed by atoms with Crippen LogP contribution < -0.4 is 14.8 Å². The summed E-state index contributed by atoms with van der Waals surface area (Å²) in [4.78, 5) is 0. The summed E-state index contributed by atoms with van der Waals surface area (Å²) in [5, 5.41) is 3.22. The van der Waals surface area contributed by atoms with Crippen LogP contribution in [0, 0.1) is 6.92 Å².